The fraction of sp³-hybridized carbons (Fsp3) is 0.148. The molecule has 180 valence electrons. The first-order valence-electron chi connectivity index (χ1n) is 11.3. The van der Waals surface area contributed by atoms with E-state index in [1.807, 2.05) is 55.5 Å². The third-order valence-electron chi connectivity index (χ3n) is 5.42. The summed E-state index contributed by atoms with van der Waals surface area (Å²) in [6.07, 6.45) is 0.613. The SMILES string of the molecule is Cc1ccc(-c2nnc(-c3ccc(C(=O)OCC(=O)NCCc4nc5ccccc5s4)cc3)o2)cc1. The Hall–Kier alpha value is -4.37. The molecule has 0 unspecified atom stereocenters. The number of thiazole rings is 1. The van der Waals surface area contributed by atoms with Gasteiger partial charge in [0.1, 0.15) is 0 Å². The standard InChI is InChI=1S/C27H22N4O4S/c1-17-6-8-18(9-7-17)25-30-31-26(35-25)19-10-12-20(13-11-19)27(33)34-16-23(32)28-15-14-24-29-21-4-2-3-5-22(21)36-24/h2-13H,14-16H2,1H3,(H,28,32). The van der Waals surface area contributed by atoms with E-state index in [1.54, 1.807) is 35.6 Å². The second-order valence-corrected chi connectivity index (χ2v) is 9.22. The largest absolute Gasteiger partial charge is 0.452 e. The van der Waals surface area contributed by atoms with Gasteiger partial charge in [-0.15, -0.1) is 21.5 Å². The van der Waals surface area contributed by atoms with E-state index in [2.05, 4.69) is 20.5 Å². The zero-order valence-electron chi connectivity index (χ0n) is 19.4. The lowest BCUT2D eigenvalue weighted by Gasteiger charge is -2.06. The summed E-state index contributed by atoms with van der Waals surface area (Å²) >= 11 is 1.60. The van der Waals surface area contributed by atoms with E-state index in [1.165, 1.54) is 0 Å². The molecular formula is C27H22N4O4S. The first-order valence-corrected chi connectivity index (χ1v) is 12.2. The summed E-state index contributed by atoms with van der Waals surface area (Å²) < 4.78 is 12.0. The van der Waals surface area contributed by atoms with Gasteiger partial charge >= 0.3 is 5.97 Å². The molecule has 2 aromatic heterocycles. The number of fused-ring (bicyclic) bond motifs is 1. The monoisotopic (exact) mass is 498 g/mol. The highest BCUT2D eigenvalue weighted by molar-refractivity contribution is 7.18. The summed E-state index contributed by atoms with van der Waals surface area (Å²) in [5.41, 5.74) is 3.92. The Morgan fingerprint density at radius 3 is 2.28 bits per heavy atom. The van der Waals surface area contributed by atoms with Gasteiger partial charge in [0.25, 0.3) is 5.91 Å². The van der Waals surface area contributed by atoms with Gasteiger partial charge < -0.3 is 14.5 Å². The molecule has 5 aromatic rings. The van der Waals surface area contributed by atoms with Gasteiger partial charge in [-0.05, 0) is 55.5 Å². The maximum absolute atomic E-state index is 12.3. The van der Waals surface area contributed by atoms with Crippen LogP contribution in [0.4, 0.5) is 0 Å². The van der Waals surface area contributed by atoms with Crippen molar-refractivity contribution in [3.63, 3.8) is 0 Å². The molecule has 0 saturated carbocycles. The van der Waals surface area contributed by atoms with Crippen molar-refractivity contribution in [2.75, 3.05) is 13.2 Å². The second kappa shape index (κ2) is 10.5. The lowest BCUT2D eigenvalue weighted by atomic mass is 10.1. The average Bonchev–Trinajstić information content (AvgIpc) is 3.55. The molecule has 0 bridgehead atoms. The third kappa shape index (κ3) is 5.47. The van der Waals surface area contributed by atoms with Crippen LogP contribution in [0.5, 0.6) is 0 Å². The molecule has 3 aromatic carbocycles. The second-order valence-electron chi connectivity index (χ2n) is 8.11. The fourth-order valence-corrected chi connectivity index (χ4v) is 4.47. The van der Waals surface area contributed by atoms with Crippen molar-refractivity contribution in [2.24, 2.45) is 0 Å². The van der Waals surface area contributed by atoms with Crippen molar-refractivity contribution in [2.45, 2.75) is 13.3 Å². The third-order valence-corrected chi connectivity index (χ3v) is 6.52. The summed E-state index contributed by atoms with van der Waals surface area (Å²) in [7, 11) is 0. The van der Waals surface area contributed by atoms with E-state index >= 15 is 0 Å². The number of rotatable bonds is 8. The molecule has 0 saturated heterocycles. The topological polar surface area (TPSA) is 107 Å². The molecular weight excluding hydrogens is 476 g/mol. The smallest absolute Gasteiger partial charge is 0.338 e. The molecule has 2 heterocycles. The van der Waals surface area contributed by atoms with E-state index in [0.717, 1.165) is 26.4 Å². The van der Waals surface area contributed by atoms with Crippen LogP contribution >= 0.6 is 11.3 Å². The Labute approximate surface area is 211 Å². The minimum absolute atomic E-state index is 0.319. The van der Waals surface area contributed by atoms with Crippen molar-refractivity contribution in [3.05, 3.63) is 88.9 Å². The number of nitrogens with zero attached hydrogens (tertiary/aromatic N) is 3. The van der Waals surface area contributed by atoms with Crippen molar-refractivity contribution in [1.29, 1.82) is 0 Å². The number of carbonyl (C=O) groups is 2. The lowest BCUT2D eigenvalue weighted by Crippen LogP contribution is -2.30. The van der Waals surface area contributed by atoms with Crippen LogP contribution in [0.2, 0.25) is 0 Å². The van der Waals surface area contributed by atoms with Crippen LogP contribution < -0.4 is 5.32 Å². The van der Waals surface area contributed by atoms with Gasteiger partial charge in [0.05, 0.1) is 20.8 Å². The van der Waals surface area contributed by atoms with Crippen LogP contribution in [0.1, 0.15) is 20.9 Å². The van der Waals surface area contributed by atoms with Crippen LogP contribution in [0, 0.1) is 6.92 Å². The van der Waals surface area contributed by atoms with Gasteiger partial charge in [0.15, 0.2) is 6.61 Å². The average molecular weight is 499 g/mol. The van der Waals surface area contributed by atoms with Gasteiger partial charge in [-0.3, -0.25) is 4.79 Å². The predicted octanol–water partition coefficient (Wildman–Crippen LogP) is 4.84. The van der Waals surface area contributed by atoms with Gasteiger partial charge in [-0.1, -0.05) is 29.8 Å². The van der Waals surface area contributed by atoms with Gasteiger partial charge in [-0.2, -0.15) is 0 Å². The number of nitrogens with one attached hydrogen (secondary N) is 1. The van der Waals surface area contributed by atoms with Crippen molar-refractivity contribution < 1.29 is 18.7 Å². The van der Waals surface area contributed by atoms with Crippen LogP contribution in [0.3, 0.4) is 0 Å². The summed E-state index contributed by atoms with van der Waals surface area (Å²) in [6, 6.07) is 22.3. The Balaban J connectivity index is 1.10. The molecule has 0 aliphatic heterocycles. The van der Waals surface area contributed by atoms with E-state index in [-0.39, 0.29) is 12.5 Å². The summed E-state index contributed by atoms with van der Waals surface area (Å²) in [6.45, 7) is 2.07. The Kier molecular flexibility index (Phi) is 6.81. The van der Waals surface area contributed by atoms with E-state index < -0.39 is 5.97 Å². The number of aromatic nitrogens is 3. The highest BCUT2D eigenvalue weighted by atomic mass is 32.1. The Morgan fingerprint density at radius 1 is 0.917 bits per heavy atom. The van der Waals surface area contributed by atoms with E-state index in [0.29, 0.717) is 35.9 Å². The zero-order valence-corrected chi connectivity index (χ0v) is 20.2. The highest BCUT2D eigenvalue weighted by Crippen LogP contribution is 2.25. The molecule has 1 N–H and O–H groups in total. The van der Waals surface area contributed by atoms with Crippen molar-refractivity contribution in [1.82, 2.24) is 20.5 Å². The predicted molar refractivity (Wildman–Crippen MR) is 137 cm³/mol. The van der Waals surface area contributed by atoms with Crippen LogP contribution in [0.15, 0.2) is 77.2 Å². The molecule has 0 spiro atoms. The van der Waals surface area contributed by atoms with Crippen LogP contribution in [-0.2, 0) is 16.0 Å². The van der Waals surface area contributed by atoms with Crippen LogP contribution in [-0.4, -0.2) is 40.2 Å². The number of benzene rings is 3. The van der Waals surface area contributed by atoms with Gasteiger partial charge in [0.2, 0.25) is 11.8 Å². The highest BCUT2D eigenvalue weighted by Gasteiger charge is 2.14. The number of hydrogen-bond donors (Lipinski definition) is 1. The summed E-state index contributed by atoms with van der Waals surface area (Å²) in [5.74, 6) is -0.190. The number of hydrogen-bond acceptors (Lipinski definition) is 8. The molecule has 0 aliphatic rings. The number of aryl methyl sites for hydroxylation is 1. The van der Waals surface area contributed by atoms with E-state index in [9.17, 15) is 9.59 Å². The molecule has 1 amide bonds. The molecule has 36 heavy (non-hydrogen) atoms. The van der Waals surface area contributed by atoms with E-state index in [4.69, 9.17) is 9.15 Å². The maximum Gasteiger partial charge on any atom is 0.338 e. The minimum atomic E-state index is -0.589. The van der Waals surface area contributed by atoms with Crippen molar-refractivity contribution in [3.8, 4) is 22.9 Å². The molecule has 8 nitrogen and oxygen atoms in total. The number of carbonyl (C=O) groups excluding carboxylic acids is 2. The molecule has 0 aliphatic carbocycles. The molecule has 0 fully saturated rings. The fourth-order valence-electron chi connectivity index (χ4n) is 3.50. The summed E-state index contributed by atoms with van der Waals surface area (Å²) in [4.78, 5) is 29.0. The number of amides is 1. The zero-order chi connectivity index (χ0) is 24.9. The minimum Gasteiger partial charge on any atom is -0.452 e. The van der Waals surface area contributed by atoms with Gasteiger partial charge in [0, 0.05) is 24.1 Å². The first kappa shape index (κ1) is 23.4. The quantitative estimate of drug-likeness (QED) is 0.305. The number of esters is 1. The van der Waals surface area contributed by atoms with Crippen molar-refractivity contribution >= 4 is 33.4 Å². The van der Waals surface area contributed by atoms with Gasteiger partial charge in [-0.25, -0.2) is 9.78 Å². The molecule has 0 atom stereocenters. The summed E-state index contributed by atoms with van der Waals surface area (Å²) in [5, 5.41) is 11.9. The maximum atomic E-state index is 12.3. The normalized spacial score (nSPS) is 10.9. The lowest BCUT2D eigenvalue weighted by molar-refractivity contribution is -0.124. The first-order chi connectivity index (χ1) is 17.5. The number of ether oxygens (including phenoxy) is 1. The molecule has 0 radical (unpaired) electrons. The molecule has 5 rings (SSSR count). The molecule has 9 heteroatoms. The Morgan fingerprint density at radius 2 is 1.58 bits per heavy atom. The Bertz CT molecular complexity index is 1470. The van der Waals surface area contributed by atoms with Crippen LogP contribution in [0.25, 0.3) is 33.1 Å². The number of para-hydroxylation sites is 1.